The van der Waals surface area contributed by atoms with Crippen LogP contribution in [0.4, 0.5) is 5.69 Å². The number of fused-ring (bicyclic) bond motifs is 1. The number of amides is 1. The number of hydrogen-bond donors (Lipinski definition) is 2. The Labute approximate surface area is 81.9 Å². The third-order valence-electron chi connectivity index (χ3n) is 2.69. The van der Waals surface area contributed by atoms with Gasteiger partial charge in [-0.25, -0.2) is 0 Å². The molecule has 1 aliphatic heterocycles. The molecule has 3 N–H and O–H groups in total. The zero-order chi connectivity index (χ0) is 10.3. The maximum Gasteiger partial charge on any atom is 0.268 e. The summed E-state index contributed by atoms with van der Waals surface area (Å²) in [6.07, 6.45) is 0. The topological polar surface area (TPSA) is 66.6 Å². The van der Waals surface area contributed by atoms with Gasteiger partial charge in [-0.15, -0.1) is 0 Å². The number of hydroxylamine groups is 1. The van der Waals surface area contributed by atoms with Crippen molar-refractivity contribution in [1.29, 1.82) is 0 Å². The summed E-state index contributed by atoms with van der Waals surface area (Å²) < 4.78 is 0. The average Bonchev–Trinajstić information content (AvgIpc) is 2.23. The Hall–Kier alpha value is -1.39. The van der Waals surface area contributed by atoms with Crippen molar-refractivity contribution in [2.75, 3.05) is 5.06 Å². The molecule has 4 heteroatoms. The van der Waals surface area contributed by atoms with Crippen LogP contribution in [0.2, 0.25) is 0 Å². The van der Waals surface area contributed by atoms with Crippen molar-refractivity contribution < 1.29 is 10.0 Å². The van der Waals surface area contributed by atoms with Crippen molar-refractivity contribution in [3.05, 3.63) is 29.8 Å². The van der Waals surface area contributed by atoms with Gasteiger partial charge in [0.25, 0.3) is 5.91 Å². The molecule has 2 atom stereocenters. The van der Waals surface area contributed by atoms with E-state index in [1.54, 1.807) is 12.1 Å². The van der Waals surface area contributed by atoms with Gasteiger partial charge in [-0.05, 0) is 11.6 Å². The minimum absolute atomic E-state index is 0.0536. The van der Waals surface area contributed by atoms with E-state index in [4.69, 9.17) is 5.73 Å². The van der Waals surface area contributed by atoms with E-state index in [1.807, 2.05) is 19.1 Å². The smallest absolute Gasteiger partial charge is 0.268 e. The summed E-state index contributed by atoms with van der Waals surface area (Å²) in [4.78, 5) is 11.4. The first-order chi connectivity index (χ1) is 6.63. The number of nitrogens with zero attached hydrogens (tertiary/aromatic N) is 1. The van der Waals surface area contributed by atoms with Crippen LogP contribution in [-0.2, 0) is 4.79 Å². The van der Waals surface area contributed by atoms with Crippen molar-refractivity contribution in [3.63, 3.8) is 0 Å². The lowest BCUT2D eigenvalue weighted by atomic mass is 9.88. The molecule has 1 aromatic rings. The average molecular weight is 192 g/mol. The molecule has 14 heavy (non-hydrogen) atoms. The van der Waals surface area contributed by atoms with Gasteiger partial charge in [-0.3, -0.25) is 10.0 Å². The zero-order valence-corrected chi connectivity index (χ0v) is 7.84. The van der Waals surface area contributed by atoms with E-state index in [2.05, 4.69) is 0 Å². The quantitative estimate of drug-likeness (QED) is 0.599. The van der Waals surface area contributed by atoms with E-state index in [9.17, 15) is 10.0 Å². The summed E-state index contributed by atoms with van der Waals surface area (Å²) in [5.41, 5.74) is 7.11. The third-order valence-corrected chi connectivity index (χ3v) is 2.69. The molecule has 74 valence electrons. The fraction of sp³-hybridized carbons (Fsp3) is 0.300. The predicted molar refractivity (Wildman–Crippen MR) is 52.1 cm³/mol. The molecule has 1 amide bonds. The van der Waals surface area contributed by atoms with Crippen LogP contribution in [0.25, 0.3) is 0 Å². The van der Waals surface area contributed by atoms with E-state index < -0.39 is 11.9 Å². The summed E-state index contributed by atoms with van der Waals surface area (Å²) in [5, 5.41) is 10.2. The molecule has 0 aliphatic carbocycles. The number of anilines is 1. The van der Waals surface area contributed by atoms with Gasteiger partial charge in [0.1, 0.15) is 0 Å². The summed E-state index contributed by atoms with van der Waals surface area (Å²) >= 11 is 0. The zero-order valence-electron chi connectivity index (χ0n) is 7.84. The molecule has 2 rings (SSSR count). The van der Waals surface area contributed by atoms with Gasteiger partial charge in [0.2, 0.25) is 0 Å². The molecule has 0 aromatic heterocycles. The highest BCUT2D eigenvalue weighted by atomic mass is 16.5. The van der Waals surface area contributed by atoms with Crippen molar-refractivity contribution in [3.8, 4) is 0 Å². The standard InChI is InChI=1S/C10H12N2O2/c1-6-7-4-2-3-5-8(7)12(14)10(13)9(6)11/h2-6,9,14H,11H2,1H3. The number of benzene rings is 1. The van der Waals surface area contributed by atoms with Crippen LogP contribution in [0.5, 0.6) is 0 Å². The third kappa shape index (κ3) is 1.12. The van der Waals surface area contributed by atoms with Crippen LogP contribution < -0.4 is 10.8 Å². The first-order valence-electron chi connectivity index (χ1n) is 4.50. The molecule has 0 spiro atoms. The number of rotatable bonds is 0. The summed E-state index contributed by atoms with van der Waals surface area (Å²) in [7, 11) is 0. The van der Waals surface area contributed by atoms with Gasteiger partial charge in [0, 0.05) is 5.92 Å². The maximum atomic E-state index is 11.4. The molecule has 2 unspecified atom stereocenters. The second kappa shape index (κ2) is 3.08. The van der Waals surface area contributed by atoms with Gasteiger partial charge in [0.05, 0.1) is 11.7 Å². The van der Waals surface area contributed by atoms with Gasteiger partial charge >= 0.3 is 0 Å². The van der Waals surface area contributed by atoms with Crippen LogP contribution in [0, 0.1) is 0 Å². The van der Waals surface area contributed by atoms with Crippen molar-refractivity contribution >= 4 is 11.6 Å². The molecule has 0 saturated carbocycles. The molecule has 1 aromatic carbocycles. The van der Waals surface area contributed by atoms with E-state index in [0.717, 1.165) is 5.56 Å². The molecule has 0 fully saturated rings. The van der Waals surface area contributed by atoms with Crippen LogP contribution in [-0.4, -0.2) is 17.2 Å². The van der Waals surface area contributed by atoms with E-state index in [-0.39, 0.29) is 5.92 Å². The minimum Gasteiger partial charge on any atom is -0.319 e. The molecule has 1 aliphatic rings. The van der Waals surface area contributed by atoms with Gasteiger partial charge < -0.3 is 5.73 Å². The number of carbonyl (C=O) groups is 1. The Kier molecular flexibility index (Phi) is 2.02. The Morgan fingerprint density at radius 2 is 2.07 bits per heavy atom. The number of carbonyl (C=O) groups excluding carboxylic acids is 1. The fourth-order valence-electron chi connectivity index (χ4n) is 1.73. The van der Waals surface area contributed by atoms with E-state index in [0.29, 0.717) is 10.8 Å². The van der Waals surface area contributed by atoms with Gasteiger partial charge in [0.15, 0.2) is 0 Å². The highest BCUT2D eigenvalue weighted by Gasteiger charge is 2.34. The van der Waals surface area contributed by atoms with Crippen molar-refractivity contribution in [1.82, 2.24) is 0 Å². The lowest BCUT2D eigenvalue weighted by molar-refractivity contribution is -0.125. The summed E-state index contributed by atoms with van der Waals surface area (Å²) in [6.45, 7) is 1.88. The number of nitrogens with two attached hydrogens (primary N) is 1. The van der Waals surface area contributed by atoms with Crippen LogP contribution in [0.1, 0.15) is 18.4 Å². The molecular formula is C10H12N2O2. The molecule has 0 bridgehead atoms. The largest absolute Gasteiger partial charge is 0.319 e. The highest BCUT2D eigenvalue weighted by Crippen LogP contribution is 2.33. The van der Waals surface area contributed by atoms with Gasteiger partial charge in [-0.2, -0.15) is 5.06 Å². The van der Waals surface area contributed by atoms with Gasteiger partial charge in [-0.1, -0.05) is 25.1 Å². The van der Waals surface area contributed by atoms with E-state index in [1.165, 1.54) is 0 Å². The second-order valence-corrected chi connectivity index (χ2v) is 3.52. The fourth-order valence-corrected chi connectivity index (χ4v) is 1.73. The molecule has 0 saturated heterocycles. The summed E-state index contributed by atoms with van der Waals surface area (Å²) in [5.74, 6) is -0.502. The Balaban J connectivity index is 2.56. The first kappa shape index (κ1) is 9.18. The first-order valence-corrected chi connectivity index (χ1v) is 4.50. The number of para-hydroxylation sites is 1. The predicted octanol–water partition coefficient (Wildman–Crippen LogP) is 0.853. The normalized spacial score (nSPS) is 26.2. The highest BCUT2D eigenvalue weighted by molar-refractivity contribution is 5.98. The minimum atomic E-state index is -0.658. The van der Waals surface area contributed by atoms with Crippen LogP contribution in [0.3, 0.4) is 0 Å². The van der Waals surface area contributed by atoms with Crippen molar-refractivity contribution in [2.24, 2.45) is 5.73 Å². The van der Waals surface area contributed by atoms with E-state index >= 15 is 0 Å². The lowest BCUT2D eigenvalue weighted by Gasteiger charge is -2.32. The Morgan fingerprint density at radius 1 is 1.43 bits per heavy atom. The number of hydrogen-bond acceptors (Lipinski definition) is 3. The maximum absolute atomic E-state index is 11.4. The van der Waals surface area contributed by atoms with Crippen LogP contribution in [0.15, 0.2) is 24.3 Å². The van der Waals surface area contributed by atoms with Crippen molar-refractivity contribution in [2.45, 2.75) is 18.9 Å². The summed E-state index contributed by atoms with van der Waals surface area (Å²) in [6, 6.07) is 6.56. The molecule has 1 heterocycles. The molecular weight excluding hydrogens is 180 g/mol. The molecule has 0 radical (unpaired) electrons. The Morgan fingerprint density at radius 3 is 2.79 bits per heavy atom. The van der Waals surface area contributed by atoms with Crippen LogP contribution >= 0.6 is 0 Å². The monoisotopic (exact) mass is 192 g/mol. The lowest BCUT2D eigenvalue weighted by Crippen LogP contribution is -2.49. The SMILES string of the molecule is CC1c2ccccc2N(O)C(=O)C1N. The molecule has 4 nitrogen and oxygen atoms in total. The Bertz CT molecular complexity index is 378. The second-order valence-electron chi connectivity index (χ2n) is 3.52.